The Morgan fingerprint density at radius 1 is 1.19 bits per heavy atom. The number of nitrogens with zero attached hydrogens (tertiary/aromatic N) is 6. The van der Waals surface area contributed by atoms with Gasteiger partial charge in [-0.2, -0.15) is 10.4 Å². The van der Waals surface area contributed by atoms with Crippen molar-refractivity contribution in [3.05, 3.63) is 61.5 Å². The van der Waals surface area contributed by atoms with Crippen molar-refractivity contribution in [3.63, 3.8) is 0 Å². The lowest BCUT2D eigenvalue weighted by molar-refractivity contribution is 0.315. The number of hydrogen-bond acceptors (Lipinski definition) is 7. The van der Waals surface area contributed by atoms with Crippen LogP contribution in [0.4, 0.5) is 11.6 Å². The van der Waals surface area contributed by atoms with E-state index in [1.165, 1.54) is 19.2 Å². The molecule has 1 aliphatic carbocycles. The Bertz CT molecular complexity index is 1220. The number of rotatable bonds is 7. The number of hydrogen-bond donors (Lipinski definition) is 1. The summed E-state index contributed by atoms with van der Waals surface area (Å²) < 4.78 is 7.33. The minimum Gasteiger partial charge on any atom is -0.444 e. The van der Waals surface area contributed by atoms with E-state index in [0.717, 1.165) is 35.3 Å². The fourth-order valence-corrected chi connectivity index (χ4v) is 4.38. The Labute approximate surface area is 186 Å². The van der Waals surface area contributed by atoms with E-state index in [0.29, 0.717) is 24.0 Å². The van der Waals surface area contributed by atoms with E-state index in [4.69, 9.17) is 4.42 Å². The molecule has 3 aromatic heterocycles. The third-order valence-corrected chi connectivity index (χ3v) is 5.97. The molecule has 1 saturated carbocycles. The highest BCUT2D eigenvalue weighted by atomic mass is 16.3. The van der Waals surface area contributed by atoms with Gasteiger partial charge in [-0.3, -0.25) is 4.68 Å². The van der Waals surface area contributed by atoms with Crippen molar-refractivity contribution in [2.45, 2.75) is 38.1 Å². The second-order valence-corrected chi connectivity index (χ2v) is 8.02. The number of oxazole rings is 1. The molecule has 0 radical (unpaired) electrons. The van der Waals surface area contributed by atoms with Crippen molar-refractivity contribution in [2.24, 2.45) is 5.92 Å². The van der Waals surface area contributed by atoms with Crippen LogP contribution in [0.3, 0.4) is 0 Å². The molecule has 4 aromatic rings. The first-order chi connectivity index (χ1) is 15.8. The molecule has 1 atom stereocenters. The SMILES string of the molecule is N#CCC(C1CCCC1)n1cc(-c2ccnc(Nc3cccc(-c4cnco4)c3)n2)cn1. The van der Waals surface area contributed by atoms with Gasteiger partial charge >= 0.3 is 0 Å². The highest BCUT2D eigenvalue weighted by Gasteiger charge is 2.27. The molecule has 3 heterocycles. The molecule has 8 nitrogen and oxygen atoms in total. The van der Waals surface area contributed by atoms with E-state index in [2.05, 4.69) is 31.4 Å². The second-order valence-electron chi connectivity index (χ2n) is 8.02. The summed E-state index contributed by atoms with van der Waals surface area (Å²) >= 11 is 0. The zero-order valence-corrected chi connectivity index (χ0v) is 17.6. The van der Waals surface area contributed by atoms with Crippen LogP contribution < -0.4 is 5.32 Å². The lowest BCUT2D eigenvalue weighted by atomic mass is 9.96. The first kappa shape index (κ1) is 19.9. The zero-order chi connectivity index (χ0) is 21.8. The summed E-state index contributed by atoms with van der Waals surface area (Å²) in [5.41, 5.74) is 3.46. The van der Waals surface area contributed by atoms with E-state index < -0.39 is 0 Å². The number of anilines is 2. The number of aromatic nitrogens is 5. The van der Waals surface area contributed by atoms with E-state index in [-0.39, 0.29) is 6.04 Å². The standard InChI is InChI=1S/C24H23N7O/c25-10-8-22(17-4-1-2-5-17)31-15-19(13-28-31)21-9-11-27-24(30-21)29-20-7-3-6-18(12-20)23-14-26-16-32-23/h3,6-7,9,11-17,22H,1-2,4-5,8H2,(H,27,29,30). The molecule has 0 amide bonds. The molecule has 0 bridgehead atoms. The molecule has 0 saturated heterocycles. The van der Waals surface area contributed by atoms with Gasteiger partial charge in [0.05, 0.1) is 36.6 Å². The normalized spacial score (nSPS) is 14.8. The van der Waals surface area contributed by atoms with Gasteiger partial charge < -0.3 is 9.73 Å². The Morgan fingerprint density at radius 3 is 2.91 bits per heavy atom. The minimum atomic E-state index is 0.120. The highest BCUT2D eigenvalue weighted by molar-refractivity contribution is 5.66. The number of nitriles is 1. The summed E-state index contributed by atoms with van der Waals surface area (Å²) in [6, 6.07) is 12.1. The summed E-state index contributed by atoms with van der Waals surface area (Å²) in [4.78, 5) is 13.0. The molecule has 1 aliphatic rings. The molecular weight excluding hydrogens is 402 g/mol. The van der Waals surface area contributed by atoms with Gasteiger partial charge in [0.1, 0.15) is 0 Å². The smallest absolute Gasteiger partial charge is 0.227 e. The number of benzene rings is 1. The van der Waals surface area contributed by atoms with Crippen LogP contribution in [0, 0.1) is 17.2 Å². The molecule has 1 unspecified atom stereocenters. The average molecular weight is 425 g/mol. The Kier molecular flexibility index (Phi) is 5.62. The van der Waals surface area contributed by atoms with Gasteiger partial charge in [-0.25, -0.2) is 15.0 Å². The van der Waals surface area contributed by atoms with Crippen LogP contribution in [0.2, 0.25) is 0 Å². The van der Waals surface area contributed by atoms with Crippen molar-refractivity contribution < 1.29 is 4.42 Å². The highest BCUT2D eigenvalue weighted by Crippen LogP contribution is 2.36. The molecule has 160 valence electrons. The first-order valence-corrected chi connectivity index (χ1v) is 10.8. The third kappa shape index (κ3) is 4.23. The first-order valence-electron chi connectivity index (χ1n) is 10.8. The molecule has 0 aliphatic heterocycles. The molecule has 0 spiro atoms. The molecule has 1 N–H and O–H groups in total. The maximum absolute atomic E-state index is 9.31. The largest absolute Gasteiger partial charge is 0.444 e. The topological polar surface area (TPSA) is 105 Å². The van der Waals surface area contributed by atoms with Crippen LogP contribution in [0.25, 0.3) is 22.6 Å². The molecule has 8 heteroatoms. The minimum absolute atomic E-state index is 0.120. The van der Waals surface area contributed by atoms with Crippen molar-refractivity contribution in [1.29, 1.82) is 5.26 Å². The van der Waals surface area contributed by atoms with E-state index >= 15 is 0 Å². The van der Waals surface area contributed by atoms with Crippen LogP contribution >= 0.6 is 0 Å². The lowest BCUT2D eigenvalue weighted by Crippen LogP contribution is -2.17. The van der Waals surface area contributed by atoms with Crippen LogP contribution in [0.1, 0.15) is 38.1 Å². The average Bonchev–Trinajstić information content (AvgIpc) is 3.61. The maximum atomic E-state index is 9.31. The van der Waals surface area contributed by atoms with Crippen molar-refractivity contribution >= 4 is 11.6 Å². The van der Waals surface area contributed by atoms with Crippen LogP contribution in [0.5, 0.6) is 0 Å². The lowest BCUT2D eigenvalue weighted by Gasteiger charge is -2.21. The van der Waals surface area contributed by atoms with Gasteiger partial charge in [0.2, 0.25) is 5.95 Å². The number of nitrogens with one attached hydrogen (secondary N) is 1. The van der Waals surface area contributed by atoms with Gasteiger partial charge in [0.15, 0.2) is 12.2 Å². The van der Waals surface area contributed by atoms with E-state index in [1.54, 1.807) is 12.4 Å². The van der Waals surface area contributed by atoms with Crippen molar-refractivity contribution in [2.75, 3.05) is 5.32 Å². The molecule has 32 heavy (non-hydrogen) atoms. The second kappa shape index (κ2) is 9.02. The Morgan fingerprint density at radius 2 is 2.09 bits per heavy atom. The quantitative estimate of drug-likeness (QED) is 0.423. The van der Waals surface area contributed by atoms with E-state index in [1.807, 2.05) is 47.4 Å². The molecule has 5 rings (SSSR count). The third-order valence-electron chi connectivity index (χ3n) is 5.97. The van der Waals surface area contributed by atoms with Crippen LogP contribution in [-0.4, -0.2) is 24.7 Å². The predicted octanol–water partition coefficient (Wildman–Crippen LogP) is 5.38. The Balaban J connectivity index is 1.36. The van der Waals surface area contributed by atoms with Crippen molar-refractivity contribution in [1.82, 2.24) is 24.7 Å². The van der Waals surface area contributed by atoms with Crippen LogP contribution in [-0.2, 0) is 0 Å². The summed E-state index contributed by atoms with van der Waals surface area (Å²) in [7, 11) is 0. The van der Waals surface area contributed by atoms with Gasteiger partial charge in [-0.05, 0) is 37.0 Å². The summed E-state index contributed by atoms with van der Waals surface area (Å²) in [6.07, 6.45) is 13.9. The van der Waals surface area contributed by atoms with Gasteiger partial charge in [-0.15, -0.1) is 0 Å². The summed E-state index contributed by atoms with van der Waals surface area (Å²) in [6.45, 7) is 0. The zero-order valence-electron chi connectivity index (χ0n) is 17.6. The van der Waals surface area contributed by atoms with E-state index in [9.17, 15) is 5.26 Å². The molecular formula is C24H23N7O. The summed E-state index contributed by atoms with van der Waals surface area (Å²) in [5.74, 6) is 1.71. The van der Waals surface area contributed by atoms with Gasteiger partial charge in [0.25, 0.3) is 0 Å². The fraction of sp³-hybridized carbons (Fsp3) is 0.292. The predicted molar refractivity (Wildman–Crippen MR) is 120 cm³/mol. The summed E-state index contributed by atoms with van der Waals surface area (Å²) in [5, 5.41) is 17.1. The van der Waals surface area contributed by atoms with Crippen molar-refractivity contribution in [3.8, 4) is 28.7 Å². The Hall–Kier alpha value is -3.99. The fourth-order valence-electron chi connectivity index (χ4n) is 4.38. The monoisotopic (exact) mass is 425 g/mol. The molecule has 1 fully saturated rings. The van der Waals surface area contributed by atoms with Gasteiger partial charge in [-0.1, -0.05) is 25.0 Å². The molecule has 1 aromatic carbocycles. The van der Waals surface area contributed by atoms with Gasteiger partial charge in [0, 0.05) is 29.2 Å². The maximum Gasteiger partial charge on any atom is 0.227 e. The van der Waals surface area contributed by atoms with Crippen LogP contribution in [0.15, 0.2) is 65.9 Å².